The Labute approximate surface area is 124 Å². The van der Waals surface area contributed by atoms with E-state index in [1.807, 2.05) is 0 Å². The second-order valence-electron chi connectivity index (χ2n) is 4.38. The Hall–Kier alpha value is -2.28. The molecule has 0 saturated carbocycles. The average molecular weight is 307 g/mol. The van der Waals surface area contributed by atoms with Crippen molar-refractivity contribution < 1.29 is 13.2 Å². The summed E-state index contributed by atoms with van der Waals surface area (Å²) in [5, 5.41) is 0. The first kappa shape index (κ1) is 15.1. The van der Waals surface area contributed by atoms with Gasteiger partial charge in [-0.3, -0.25) is 9.29 Å². The molecule has 112 valence electrons. The van der Waals surface area contributed by atoms with Crippen LogP contribution in [0, 0.1) is 0 Å². The Morgan fingerprint density at radius 1 is 1.24 bits per heavy atom. The van der Waals surface area contributed by atoms with E-state index in [9.17, 15) is 8.42 Å². The Balaban J connectivity index is 1.97. The third-order valence-electron chi connectivity index (χ3n) is 2.94. The lowest BCUT2D eigenvalue weighted by atomic mass is 10.3. The van der Waals surface area contributed by atoms with Gasteiger partial charge in [0.2, 0.25) is 10.0 Å². The minimum Gasteiger partial charge on any atom is -0.490 e. The predicted molar refractivity (Wildman–Crippen MR) is 82.8 cm³/mol. The molecule has 0 unspecified atom stereocenters. The number of ether oxygens (including phenoxy) is 1. The van der Waals surface area contributed by atoms with Crippen molar-refractivity contribution in [2.75, 3.05) is 29.4 Å². The Morgan fingerprint density at radius 2 is 2.00 bits per heavy atom. The lowest BCUT2D eigenvalue weighted by Gasteiger charge is -2.19. The summed E-state index contributed by atoms with van der Waals surface area (Å²) in [5.74, 6) is 0.337. The maximum absolute atomic E-state index is 12.2. The van der Waals surface area contributed by atoms with Crippen molar-refractivity contribution in [1.29, 1.82) is 0 Å². The van der Waals surface area contributed by atoms with Crippen LogP contribution in [0.15, 0.2) is 48.8 Å². The molecule has 0 spiro atoms. The van der Waals surface area contributed by atoms with Crippen molar-refractivity contribution in [3.63, 3.8) is 0 Å². The van der Waals surface area contributed by atoms with Gasteiger partial charge in [-0.2, -0.15) is 0 Å². The van der Waals surface area contributed by atoms with Gasteiger partial charge in [-0.1, -0.05) is 12.1 Å². The van der Waals surface area contributed by atoms with Gasteiger partial charge in [-0.05, 0) is 24.3 Å². The summed E-state index contributed by atoms with van der Waals surface area (Å²) in [6, 6.07) is 10.3. The minimum absolute atomic E-state index is 0.0289. The van der Waals surface area contributed by atoms with Gasteiger partial charge in [-0.15, -0.1) is 0 Å². The molecule has 2 rings (SSSR count). The van der Waals surface area contributed by atoms with Crippen LogP contribution in [-0.2, 0) is 10.0 Å². The highest BCUT2D eigenvalue weighted by atomic mass is 32.2. The van der Waals surface area contributed by atoms with E-state index in [0.717, 1.165) is 0 Å². The zero-order valence-electron chi connectivity index (χ0n) is 11.6. The van der Waals surface area contributed by atoms with E-state index in [4.69, 9.17) is 10.5 Å². The minimum atomic E-state index is -3.47. The number of sulfonamides is 1. The van der Waals surface area contributed by atoms with Gasteiger partial charge in [-0.25, -0.2) is 8.42 Å². The second-order valence-corrected chi connectivity index (χ2v) is 6.50. The van der Waals surface area contributed by atoms with E-state index < -0.39 is 10.0 Å². The molecule has 0 atom stereocenters. The average Bonchev–Trinajstić information content (AvgIpc) is 2.49. The van der Waals surface area contributed by atoms with E-state index in [-0.39, 0.29) is 12.4 Å². The summed E-state index contributed by atoms with van der Waals surface area (Å²) in [4.78, 5) is 3.90. The lowest BCUT2D eigenvalue weighted by Crippen LogP contribution is -2.31. The van der Waals surface area contributed by atoms with Crippen molar-refractivity contribution >= 4 is 21.4 Å². The van der Waals surface area contributed by atoms with Crippen molar-refractivity contribution in [1.82, 2.24) is 4.98 Å². The number of anilines is 2. The fourth-order valence-electron chi connectivity index (χ4n) is 1.71. The van der Waals surface area contributed by atoms with E-state index in [0.29, 0.717) is 17.1 Å². The van der Waals surface area contributed by atoms with Crippen molar-refractivity contribution in [2.45, 2.75) is 0 Å². The van der Waals surface area contributed by atoms with Crippen molar-refractivity contribution in [2.24, 2.45) is 0 Å². The normalized spacial score (nSPS) is 11.1. The second kappa shape index (κ2) is 6.45. The molecule has 0 saturated heterocycles. The quantitative estimate of drug-likeness (QED) is 0.818. The molecule has 0 amide bonds. The van der Waals surface area contributed by atoms with E-state index in [2.05, 4.69) is 4.98 Å². The highest BCUT2D eigenvalue weighted by Gasteiger charge is 2.18. The fraction of sp³-hybridized carbons (Fsp3) is 0.214. The highest BCUT2D eigenvalue weighted by molar-refractivity contribution is 7.92. The number of rotatable bonds is 6. The van der Waals surface area contributed by atoms with Crippen LogP contribution in [0.2, 0.25) is 0 Å². The van der Waals surface area contributed by atoms with Gasteiger partial charge in [0.15, 0.2) is 0 Å². The molecule has 0 radical (unpaired) electrons. The lowest BCUT2D eigenvalue weighted by molar-refractivity contribution is 0.342. The number of para-hydroxylation sites is 2. The molecule has 1 aromatic heterocycles. The summed E-state index contributed by atoms with van der Waals surface area (Å²) in [6.07, 6.45) is 3.08. The molecule has 0 fully saturated rings. The van der Waals surface area contributed by atoms with Crippen LogP contribution in [0.5, 0.6) is 5.75 Å². The third kappa shape index (κ3) is 3.85. The standard InChI is InChI=1S/C14H17N3O3S/c1-17(12-5-4-8-16-11-12)21(18,19)10-9-20-14-7-3-2-6-13(14)15/h2-8,11H,9-10,15H2,1H3. The fourth-order valence-corrected chi connectivity index (χ4v) is 2.70. The molecule has 0 bridgehead atoms. The van der Waals surface area contributed by atoms with Crippen LogP contribution in [0.4, 0.5) is 11.4 Å². The number of aromatic nitrogens is 1. The highest BCUT2D eigenvalue weighted by Crippen LogP contribution is 2.20. The monoisotopic (exact) mass is 307 g/mol. The molecule has 1 aromatic carbocycles. The molecule has 0 aliphatic rings. The third-order valence-corrected chi connectivity index (χ3v) is 4.67. The van der Waals surface area contributed by atoms with Crippen LogP contribution in [0.25, 0.3) is 0 Å². The number of nitrogen functional groups attached to an aromatic ring is 1. The maximum atomic E-state index is 12.2. The van der Waals surface area contributed by atoms with Gasteiger partial charge >= 0.3 is 0 Å². The smallest absolute Gasteiger partial charge is 0.238 e. The van der Waals surface area contributed by atoms with Crippen molar-refractivity contribution in [3.8, 4) is 5.75 Å². The molecule has 1 heterocycles. The van der Waals surface area contributed by atoms with E-state index >= 15 is 0 Å². The van der Waals surface area contributed by atoms with Gasteiger partial charge in [0.05, 0.1) is 17.6 Å². The molecule has 2 N–H and O–H groups in total. The van der Waals surface area contributed by atoms with E-state index in [1.54, 1.807) is 42.6 Å². The summed E-state index contributed by atoms with van der Waals surface area (Å²) in [6.45, 7) is 0.0289. The Morgan fingerprint density at radius 3 is 2.67 bits per heavy atom. The van der Waals surface area contributed by atoms with Gasteiger partial charge < -0.3 is 10.5 Å². The summed E-state index contributed by atoms with van der Waals surface area (Å²) >= 11 is 0. The number of hydrogen-bond donors (Lipinski definition) is 1. The zero-order valence-corrected chi connectivity index (χ0v) is 12.5. The molecule has 0 aliphatic carbocycles. The van der Waals surface area contributed by atoms with Crippen LogP contribution in [0.3, 0.4) is 0 Å². The largest absolute Gasteiger partial charge is 0.490 e. The molecule has 21 heavy (non-hydrogen) atoms. The first-order chi connectivity index (χ1) is 10.0. The Bertz CT molecular complexity index is 690. The van der Waals surface area contributed by atoms with Crippen LogP contribution in [0.1, 0.15) is 0 Å². The Kier molecular flexibility index (Phi) is 4.64. The maximum Gasteiger partial charge on any atom is 0.238 e. The van der Waals surface area contributed by atoms with Crippen LogP contribution in [-0.4, -0.2) is 32.8 Å². The number of nitrogens with zero attached hydrogens (tertiary/aromatic N) is 2. The molecule has 2 aromatic rings. The van der Waals surface area contributed by atoms with Gasteiger partial charge in [0, 0.05) is 13.2 Å². The van der Waals surface area contributed by atoms with Crippen LogP contribution < -0.4 is 14.8 Å². The molecular weight excluding hydrogens is 290 g/mol. The van der Waals surface area contributed by atoms with Gasteiger partial charge in [0.25, 0.3) is 0 Å². The zero-order chi connectivity index (χ0) is 15.3. The summed E-state index contributed by atoms with van der Waals surface area (Å²) in [5.41, 5.74) is 6.72. The topological polar surface area (TPSA) is 85.5 Å². The first-order valence-corrected chi connectivity index (χ1v) is 7.95. The number of hydrogen-bond acceptors (Lipinski definition) is 5. The summed E-state index contributed by atoms with van der Waals surface area (Å²) in [7, 11) is -1.98. The summed E-state index contributed by atoms with van der Waals surface area (Å²) < 4.78 is 31.0. The number of nitrogens with two attached hydrogens (primary N) is 1. The first-order valence-electron chi connectivity index (χ1n) is 6.34. The molecule has 7 heteroatoms. The SMILES string of the molecule is CN(c1cccnc1)S(=O)(=O)CCOc1ccccc1N. The molecule has 6 nitrogen and oxygen atoms in total. The predicted octanol–water partition coefficient (Wildman–Crippen LogP) is 1.51. The van der Waals surface area contributed by atoms with Crippen LogP contribution >= 0.6 is 0 Å². The number of pyridine rings is 1. The van der Waals surface area contributed by atoms with Gasteiger partial charge in [0.1, 0.15) is 18.1 Å². The number of benzene rings is 1. The van der Waals surface area contributed by atoms with E-state index in [1.165, 1.54) is 17.5 Å². The molecular formula is C14H17N3O3S. The van der Waals surface area contributed by atoms with Crippen molar-refractivity contribution in [3.05, 3.63) is 48.8 Å². The molecule has 0 aliphatic heterocycles.